The fourth-order valence-corrected chi connectivity index (χ4v) is 2.26. The van der Waals surface area contributed by atoms with Gasteiger partial charge in [0.05, 0.1) is 0 Å². The first-order valence-corrected chi connectivity index (χ1v) is 7.23. The fourth-order valence-electron chi connectivity index (χ4n) is 2.26. The Morgan fingerprint density at radius 2 is 2.10 bits per heavy atom. The third-order valence-electron chi connectivity index (χ3n) is 3.15. The first-order valence-electron chi connectivity index (χ1n) is 7.23. The van der Waals surface area contributed by atoms with Crippen molar-refractivity contribution in [1.29, 1.82) is 0 Å². The van der Waals surface area contributed by atoms with Crippen molar-refractivity contribution >= 4 is 17.3 Å². The van der Waals surface area contributed by atoms with Gasteiger partial charge in [-0.25, -0.2) is 0 Å². The van der Waals surface area contributed by atoms with Gasteiger partial charge in [-0.15, -0.1) is 0 Å². The van der Waals surface area contributed by atoms with E-state index in [1.165, 1.54) is 0 Å². The second kappa shape index (κ2) is 7.90. The van der Waals surface area contributed by atoms with E-state index in [1.807, 2.05) is 19.1 Å². The normalized spacial score (nSPS) is 11.1. The van der Waals surface area contributed by atoms with E-state index in [0.717, 1.165) is 36.4 Å². The molecule has 0 saturated carbocycles. The summed E-state index contributed by atoms with van der Waals surface area (Å²) >= 11 is 0. The average Bonchev–Trinajstić information content (AvgIpc) is 2.31. The molecule has 1 aromatic carbocycles. The molecule has 1 rings (SSSR count). The molecule has 0 fully saturated rings. The average molecular weight is 277 g/mol. The first kappa shape index (κ1) is 16.5. The molecule has 0 saturated heterocycles. The molecule has 0 bridgehead atoms. The van der Waals surface area contributed by atoms with Crippen LogP contribution >= 0.6 is 0 Å². The zero-order valence-electron chi connectivity index (χ0n) is 13.1. The van der Waals surface area contributed by atoms with E-state index in [2.05, 4.69) is 31.1 Å². The second-order valence-corrected chi connectivity index (χ2v) is 5.88. The Bertz CT molecular complexity index is 443. The number of benzene rings is 1. The van der Waals surface area contributed by atoms with E-state index in [0.29, 0.717) is 12.3 Å². The quantitative estimate of drug-likeness (QED) is 0.753. The maximum Gasteiger partial charge on any atom is 0.224 e. The molecule has 0 atom stereocenters. The van der Waals surface area contributed by atoms with E-state index in [9.17, 15) is 4.79 Å². The van der Waals surface area contributed by atoms with Gasteiger partial charge in [-0.1, -0.05) is 13.8 Å². The summed E-state index contributed by atoms with van der Waals surface area (Å²) in [5.41, 5.74) is 8.25. The molecule has 20 heavy (non-hydrogen) atoms. The van der Waals surface area contributed by atoms with Crippen molar-refractivity contribution in [2.75, 3.05) is 31.2 Å². The van der Waals surface area contributed by atoms with Crippen molar-refractivity contribution in [2.24, 2.45) is 5.92 Å². The molecule has 3 N–H and O–H groups in total. The van der Waals surface area contributed by atoms with E-state index >= 15 is 0 Å². The van der Waals surface area contributed by atoms with Crippen LogP contribution in [0, 0.1) is 12.8 Å². The Morgan fingerprint density at radius 3 is 2.70 bits per heavy atom. The van der Waals surface area contributed by atoms with Gasteiger partial charge < -0.3 is 16.0 Å². The number of hydrogen-bond donors (Lipinski definition) is 2. The Kier molecular flexibility index (Phi) is 6.52. The van der Waals surface area contributed by atoms with Crippen LogP contribution < -0.4 is 11.1 Å². The molecule has 4 nitrogen and oxygen atoms in total. The van der Waals surface area contributed by atoms with Crippen molar-refractivity contribution in [3.63, 3.8) is 0 Å². The van der Waals surface area contributed by atoms with Crippen molar-refractivity contribution in [3.8, 4) is 0 Å². The minimum Gasteiger partial charge on any atom is -0.399 e. The molecule has 0 radical (unpaired) electrons. The molecular formula is C16H27N3O. The largest absolute Gasteiger partial charge is 0.399 e. The van der Waals surface area contributed by atoms with Gasteiger partial charge in [0, 0.05) is 24.3 Å². The summed E-state index contributed by atoms with van der Waals surface area (Å²) in [7, 11) is 2.10. The number of carbonyl (C=O) groups excluding carboxylic acids is 1. The first-order chi connectivity index (χ1) is 9.38. The Hall–Kier alpha value is -1.55. The second-order valence-electron chi connectivity index (χ2n) is 5.88. The summed E-state index contributed by atoms with van der Waals surface area (Å²) in [5.74, 6) is 0.724. The summed E-state index contributed by atoms with van der Waals surface area (Å²) in [6.07, 6.45) is 1.43. The maximum absolute atomic E-state index is 11.9. The number of carbonyl (C=O) groups is 1. The van der Waals surface area contributed by atoms with Crippen molar-refractivity contribution < 1.29 is 4.79 Å². The lowest BCUT2D eigenvalue weighted by Gasteiger charge is -2.18. The van der Waals surface area contributed by atoms with Gasteiger partial charge in [0.15, 0.2) is 0 Å². The predicted octanol–water partition coefficient (Wildman–Crippen LogP) is 2.88. The van der Waals surface area contributed by atoms with Gasteiger partial charge in [0.1, 0.15) is 0 Å². The Labute approximate surface area is 122 Å². The molecule has 0 aliphatic rings. The van der Waals surface area contributed by atoms with Gasteiger partial charge in [0.2, 0.25) is 5.91 Å². The van der Waals surface area contributed by atoms with Gasteiger partial charge in [-0.2, -0.15) is 0 Å². The predicted molar refractivity (Wildman–Crippen MR) is 85.8 cm³/mol. The summed E-state index contributed by atoms with van der Waals surface area (Å²) in [6.45, 7) is 8.37. The van der Waals surface area contributed by atoms with Crippen LogP contribution in [0.4, 0.5) is 11.4 Å². The number of nitrogen functional groups attached to an aromatic ring is 1. The van der Waals surface area contributed by atoms with Crippen molar-refractivity contribution in [3.05, 3.63) is 23.8 Å². The van der Waals surface area contributed by atoms with Gasteiger partial charge >= 0.3 is 0 Å². The highest BCUT2D eigenvalue weighted by Gasteiger charge is 2.06. The Morgan fingerprint density at radius 1 is 1.40 bits per heavy atom. The molecule has 0 aromatic heterocycles. The van der Waals surface area contributed by atoms with E-state index in [1.54, 1.807) is 6.07 Å². The molecular weight excluding hydrogens is 250 g/mol. The molecule has 0 aliphatic heterocycles. The lowest BCUT2D eigenvalue weighted by Crippen LogP contribution is -2.25. The molecule has 0 unspecified atom stereocenters. The smallest absolute Gasteiger partial charge is 0.224 e. The molecule has 112 valence electrons. The monoisotopic (exact) mass is 277 g/mol. The van der Waals surface area contributed by atoms with Gasteiger partial charge in [-0.3, -0.25) is 4.79 Å². The van der Waals surface area contributed by atoms with Crippen LogP contribution in [0.2, 0.25) is 0 Å². The van der Waals surface area contributed by atoms with Gasteiger partial charge in [0.25, 0.3) is 0 Å². The zero-order valence-corrected chi connectivity index (χ0v) is 13.1. The molecule has 1 aromatic rings. The third kappa shape index (κ3) is 6.06. The number of nitrogens with two attached hydrogens (primary N) is 1. The molecule has 0 spiro atoms. The van der Waals surface area contributed by atoms with Crippen LogP contribution in [-0.4, -0.2) is 30.9 Å². The van der Waals surface area contributed by atoms with Crippen molar-refractivity contribution in [2.45, 2.75) is 33.6 Å². The van der Waals surface area contributed by atoms with Crippen LogP contribution in [0.5, 0.6) is 0 Å². The SMILES string of the molecule is Cc1cc(N)ccc1NC(=O)CCCN(C)CC(C)C. The van der Waals surface area contributed by atoms with Gasteiger partial charge in [-0.05, 0) is 56.6 Å². The van der Waals surface area contributed by atoms with Crippen LogP contribution in [0.25, 0.3) is 0 Å². The summed E-state index contributed by atoms with van der Waals surface area (Å²) < 4.78 is 0. The summed E-state index contributed by atoms with van der Waals surface area (Å²) in [5, 5.41) is 2.94. The molecule has 1 amide bonds. The number of nitrogens with zero attached hydrogens (tertiary/aromatic N) is 1. The van der Waals surface area contributed by atoms with Crippen LogP contribution in [0.15, 0.2) is 18.2 Å². The standard InChI is InChI=1S/C16H27N3O/c1-12(2)11-19(4)9-5-6-16(20)18-15-8-7-14(17)10-13(15)3/h7-8,10,12H,5-6,9,11,17H2,1-4H3,(H,18,20). The number of nitrogens with one attached hydrogen (secondary N) is 1. The van der Waals surface area contributed by atoms with Crippen LogP contribution in [0.1, 0.15) is 32.3 Å². The number of aryl methyl sites for hydroxylation is 1. The summed E-state index contributed by atoms with van der Waals surface area (Å²) in [4.78, 5) is 14.2. The minimum atomic E-state index is 0.0656. The topological polar surface area (TPSA) is 58.4 Å². The zero-order chi connectivity index (χ0) is 15.1. The highest BCUT2D eigenvalue weighted by molar-refractivity contribution is 5.91. The number of anilines is 2. The van der Waals surface area contributed by atoms with Crippen LogP contribution in [-0.2, 0) is 4.79 Å². The molecule has 0 heterocycles. The molecule has 4 heteroatoms. The highest BCUT2D eigenvalue weighted by atomic mass is 16.1. The number of amides is 1. The Balaban J connectivity index is 2.33. The number of rotatable bonds is 7. The van der Waals surface area contributed by atoms with Crippen LogP contribution in [0.3, 0.4) is 0 Å². The maximum atomic E-state index is 11.9. The van der Waals surface area contributed by atoms with E-state index in [-0.39, 0.29) is 5.91 Å². The van der Waals surface area contributed by atoms with Crippen molar-refractivity contribution in [1.82, 2.24) is 4.90 Å². The van der Waals surface area contributed by atoms with E-state index < -0.39 is 0 Å². The fraction of sp³-hybridized carbons (Fsp3) is 0.562. The lowest BCUT2D eigenvalue weighted by molar-refractivity contribution is -0.116. The number of hydrogen-bond acceptors (Lipinski definition) is 3. The molecule has 0 aliphatic carbocycles. The minimum absolute atomic E-state index is 0.0656. The third-order valence-corrected chi connectivity index (χ3v) is 3.15. The summed E-state index contributed by atoms with van der Waals surface area (Å²) in [6, 6.07) is 5.53. The van der Waals surface area contributed by atoms with E-state index in [4.69, 9.17) is 5.73 Å². The lowest BCUT2D eigenvalue weighted by atomic mass is 10.1. The highest BCUT2D eigenvalue weighted by Crippen LogP contribution is 2.17.